The van der Waals surface area contributed by atoms with Gasteiger partial charge in [0.25, 0.3) is 5.91 Å². The fourth-order valence-corrected chi connectivity index (χ4v) is 2.64. The number of amides is 1. The zero-order valence-corrected chi connectivity index (χ0v) is 16.6. The summed E-state index contributed by atoms with van der Waals surface area (Å²) in [5, 5.41) is 2.95. The van der Waals surface area contributed by atoms with Gasteiger partial charge in [-0.3, -0.25) is 4.79 Å². The fourth-order valence-electron chi connectivity index (χ4n) is 2.64. The summed E-state index contributed by atoms with van der Waals surface area (Å²) in [6, 6.07) is 13.1. The van der Waals surface area contributed by atoms with Gasteiger partial charge in [0.2, 0.25) is 0 Å². The number of carbonyl (C=O) groups excluding carboxylic acids is 1. The summed E-state index contributed by atoms with van der Waals surface area (Å²) in [5.74, 6) is 1.63. The topological polar surface area (TPSA) is 56.8 Å². The minimum atomic E-state index is -0.158. The highest BCUT2D eigenvalue weighted by Crippen LogP contribution is 2.28. The Morgan fingerprint density at radius 3 is 2.44 bits per heavy atom. The van der Waals surface area contributed by atoms with Gasteiger partial charge in [-0.25, -0.2) is 0 Å². The summed E-state index contributed by atoms with van der Waals surface area (Å²) < 4.78 is 16.4. The summed E-state index contributed by atoms with van der Waals surface area (Å²) in [6.45, 7) is 5.88. The molecule has 27 heavy (non-hydrogen) atoms. The normalized spacial score (nSPS) is 10.7. The quantitative estimate of drug-likeness (QED) is 0.680. The molecule has 2 aromatic rings. The molecule has 5 heteroatoms. The van der Waals surface area contributed by atoms with Crippen LogP contribution in [0.4, 0.5) is 0 Å². The molecule has 0 saturated heterocycles. The highest BCUT2D eigenvalue weighted by atomic mass is 16.5. The highest BCUT2D eigenvalue weighted by Gasteiger charge is 2.12. The predicted molar refractivity (Wildman–Crippen MR) is 106 cm³/mol. The summed E-state index contributed by atoms with van der Waals surface area (Å²) in [5.41, 5.74) is 2.63. The Labute approximate surface area is 161 Å². The SMILES string of the molecule is COCc1ccccc1CNC(=O)c1ccc(OCCC(C)C)c(OC)c1. The molecule has 2 rings (SSSR count). The van der Waals surface area contributed by atoms with E-state index in [0.717, 1.165) is 17.5 Å². The first-order valence-corrected chi connectivity index (χ1v) is 9.20. The van der Waals surface area contributed by atoms with Crippen LogP contribution in [0, 0.1) is 5.92 Å². The molecule has 1 N–H and O–H groups in total. The molecule has 1 amide bonds. The number of ether oxygens (including phenoxy) is 3. The van der Waals surface area contributed by atoms with Crippen molar-refractivity contribution >= 4 is 5.91 Å². The molecular formula is C22H29NO4. The van der Waals surface area contributed by atoms with Crippen LogP contribution in [0.1, 0.15) is 41.8 Å². The van der Waals surface area contributed by atoms with Gasteiger partial charge in [-0.1, -0.05) is 38.1 Å². The van der Waals surface area contributed by atoms with Gasteiger partial charge in [-0.2, -0.15) is 0 Å². The van der Waals surface area contributed by atoms with E-state index in [4.69, 9.17) is 14.2 Å². The van der Waals surface area contributed by atoms with E-state index in [1.54, 1.807) is 32.4 Å². The highest BCUT2D eigenvalue weighted by molar-refractivity contribution is 5.94. The molecule has 0 aliphatic heterocycles. The van der Waals surface area contributed by atoms with Gasteiger partial charge >= 0.3 is 0 Å². The van der Waals surface area contributed by atoms with Crippen molar-refractivity contribution in [3.63, 3.8) is 0 Å². The largest absolute Gasteiger partial charge is 0.493 e. The van der Waals surface area contributed by atoms with E-state index in [2.05, 4.69) is 19.2 Å². The standard InChI is InChI=1S/C22H29NO4/c1-16(2)11-12-27-20-10-9-17(13-21(20)26-4)22(24)23-14-18-7-5-6-8-19(18)15-25-3/h5-10,13,16H,11-12,14-15H2,1-4H3,(H,23,24). The number of nitrogens with one attached hydrogen (secondary N) is 1. The van der Waals surface area contributed by atoms with Crippen molar-refractivity contribution in [1.29, 1.82) is 0 Å². The number of hydrogen-bond donors (Lipinski definition) is 1. The lowest BCUT2D eigenvalue weighted by Crippen LogP contribution is -2.23. The third-order valence-corrected chi connectivity index (χ3v) is 4.24. The zero-order chi connectivity index (χ0) is 19.6. The van der Waals surface area contributed by atoms with Crippen molar-refractivity contribution in [3.8, 4) is 11.5 Å². The van der Waals surface area contributed by atoms with Crippen LogP contribution in [0.25, 0.3) is 0 Å². The molecule has 0 bridgehead atoms. The van der Waals surface area contributed by atoms with Gasteiger partial charge in [0.05, 0.1) is 20.3 Å². The monoisotopic (exact) mass is 371 g/mol. The van der Waals surface area contributed by atoms with E-state index < -0.39 is 0 Å². The van der Waals surface area contributed by atoms with Crippen LogP contribution in [-0.2, 0) is 17.9 Å². The van der Waals surface area contributed by atoms with Gasteiger partial charge in [-0.15, -0.1) is 0 Å². The Kier molecular flexibility index (Phi) is 8.14. The van der Waals surface area contributed by atoms with Crippen LogP contribution in [0.15, 0.2) is 42.5 Å². The molecule has 0 aliphatic rings. The maximum atomic E-state index is 12.5. The molecule has 0 atom stereocenters. The minimum absolute atomic E-state index is 0.158. The van der Waals surface area contributed by atoms with E-state index in [1.165, 1.54) is 0 Å². The Morgan fingerprint density at radius 2 is 1.78 bits per heavy atom. The van der Waals surface area contributed by atoms with E-state index in [-0.39, 0.29) is 5.91 Å². The van der Waals surface area contributed by atoms with Gasteiger partial charge < -0.3 is 19.5 Å². The minimum Gasteiger partial charge on any atom is -0.493 e. The lowest BCUT2D eigenvalue weighted by molar-refractivity contribution is 0.0950. The Bertz CT molecular complexity index is 743. The van der Waals surface area contributed by atoms with E-state index in [1.807, 2.05) is 24.3 Å². The predicted octanol–water partition coefficient (Wildman–Crippen LogP) is 4.20. The molecule has 0 fully saturated rings. The number of methoxy groups -OCH3 is 2. The summed E-state index contributed by atoms with van der Waals surface area (Å²) in [4.78, 5) is 12.5. The third-order valence-electron chi connectivity index (χ3n) is 4.24. The van der Waals surface area contributed by atoms with E-state index in [0.29, 0.717) is 42.7 Å². The number of hydrogen-bond acceptors (Lipinski definition) is 4. The van der Waals surface area contributed by atoms with Crippen LogP contribution in [0.5, 0.6) is 11.5 Å². The average Bonchev–Trinajstić information content (AvgIpc) is 2.67. The maximum Gasteiger partial charge on any atom is 0.251 e. The second kappa shape index (κ2) is 10.6. The average molecular weight is 371 g/mol. The van der Waals surface area contributed by atoms with Crippen LogP contribution in [0.2, 0.25) is 0 Å². The summed E-state index contributed by atoms with van der Waals surface area (Å²) >= 11 is 0. The molecule has 0 aromatic heterocycles. The Hall–Kier alpha value is -2.53. The molecule has 2 aromatic carbocycles. The third kappa shape index (κ3) is 6.29. The zero-order valence-electron chi connectivity index (χ0n) is 16.6. The summed E-state index contributed by atoms with van der Waals surface area (Å²) in [6.07, 6.45) is 0.965. The maximum absolute atomic E-state index is 12.5. The van der Waals surface area contributed by atoms with Crippen molar-refractivity contribution in [2.45, 2.75) is 33.4 Å². The molecule has 0 spiro atoms. The molecule has 0 radical (unpaired) electrons. The number of benzene rings is 2. The Balaban J connectivity index is 2.02. The van der Waals surface area contributed by atoms with Gasteiger partial charge in [0.1, 0.15) is 0 Å². The number of carbonyl (C=O) groups is 1. The molecule has 0 heterocycles. The van der Waals surface area contributed by atoms with Crippen LogP contribution in [-0.4, -0.2) is 26.7 Å². The van der Waals surface area contributed by atoms with Crippen molar-refractivity contribution in [2.75, 3.05) is 20.8 Å². The Morgan fingerprint density at radius 1 is 1.04 bits per heavy atom. The van der Waals surface area contributed by atoms with Crippen LogP contribution < -0.4 is 14.8 Å². The second-order valence-corrected chi connectivity index (χ2v) is 6.78. The van der Waals surface area contributed by atoms with E-state index >= 15 is 0 Å². The van der Waals surface area contributed by atoms with Crippen molar-refractivity contribution in [1.82, 2.24) is 5.32 Å². The molecular weight excluding hydrogens is 342 g/mol. The van der Waals surface area contributed by atoms with Gasteiger partial charge in [-0.05, 0) is 41.7 Å². The number of rotatable bonds is 10. The van der Waals surface area contributed by atoms with Gasteiger partial charge in [0, 0.05) is 19.2 Å². The fraction of sp³-hybridized carbons (Fsp3) is 0.409. The first-order valence-electron chi connectivity index (χ1n) is 9.20. The first-order chi connectivity index (χ1) is 13.0. The first kappa shape index (κ1) is 20.8. The van der Waals surface area contributed by atoms with Gasteiger partial charge in [0.15, 0.2) is 11.5 Å². The smallest absolute Gasteiger partial charge is 0.251 e. The molecule has 0 aliphatic carbocycles. The second-order valence-electron chi connectivity index (χ2n) is 6.78. The van der Waals surface area contributed by atoms with Crippen molar-refractivity contribution in [3.05, 3.63) is 59.2 Å². The van der Waals surface area contributed by atoms with Crippen LogP contribution in [0.3, 0.4) is 0 Å². The molecule has 5 nitrogen and oxygen atoms in total. The van der Waals surface area contributed by atoms with Crippen molar-refractivity contribution in [2.24, 2.45) is 5.92 Å². The van der Waals surface area contributed by atoms with E-state index in [9.17, 15) is 4.79 Å². The van der Waals surface area contributed by atoms with Crippen LogP contribution >= 0.6 is 0 Å². The molecule has 0 saturated carbocycles. The lowest BCUT2D eigenvalue weighted by atomic mass is 10.1. The lowest BCUT2D eigenvalue weighted by Gasteiger charge is -2.14. The molecule has 0 unspecified atom stereocenters. The van der Waals surface area contributed by atoms with Crippen molar-refractivity contribution < 1.29 is 19.0 Å². The molecule has 146 valence electrons. The summed E-state index contributed by atoms with van der Waals surface area (Å²) in [7, 11) is 3.24.